The van der Waals surface area contributed by atoms with E-state index in [0.717, 1.165) is 15.6 Å². The molecule has 0 saturated heterocycles. The van der Waals surface area contributed by atoms with Crippen molar-refractivity contribution in [3.8, 4) is 0 Å². The molecule has 1 nitrogen and oxygen atoms in total. The highest BCUT2D eigenvalue weighted by atomic mass is 79.9. The van der Waals surface area contributed by atoms with Gasteiger partial charge >= 0.3 is 0 Å². The van der Waals surface area contributed by atoms with E-state index >= 15 is 0 Å². The zero-order valence-electron chi connectivity index (χ0n) is 9.17. The lowest BCUT2D eigenvalue weighted by molar-refractivity contribution is 0.256. The van der Waals surface area contributed by atoms with Crippen LogP contribution in [0.25, 0.3) is 5.57 Å². The van der Waals surface area contributed by atoms with E-state index in [1.165, 1.54) is 0 Å². The summed E-state index contributed by atoms with van der Waals surface area (Å²) in [5.74, 6) is 0. The normalized spacial score (nSPS) is 11.9. The van der Waals surface area contributed by atoms with Gasteiger partial charge in [0.05, 0.1) is 6.61 Å². The average molecular weight is 302 g/mol. The van der Waals surface area contributed by atoms with Gasteiger partial charge < -0.3 is 4.74 Å². The van der Waals surface area contributed by atoms with E-state index < -0.39 is 0 Å². The van der Waals surface area contributed by atoms with Crippen molar-refractivity contribution in [3.63, 3.8) is 0 Å². The molecule has 0 atom stereocenters. The number of halogens is 2. The average Bonchev–Trinajstić information content (AvgIpc) is 2.27. The van der Waals surface area contributed by atoms with Crippen molar-refractivity contribution < 1.29 is 4.74 Å². The summed E-state index contributed by atoms with van der Waals surface area (Å²) in [5, 5.41) is 0.439. The molecule has 0 aliphatic heterocycles. The van der Waals surface area contributed by atoms with Crippen molar-refractivity contribution in [2.45, 2.75) is 13.3 Å². The van der Waals surface area contributed by atoms with Gasteiger partial charge in [0.25, 0.3) is 0 Å². The van der Waals surface area contributed by atoms with Crippen LogP contribution >= 0.6 is 27.5 Å². The SMILES string of the molecule is C=CC/C(=C(\Cl)OCC)c1ccccc1Br. The Hall–Kier alpha value is -0.730. The summed E-state index contributed by atoms with van der Waals surface area (Å²) >= 11 is 9.62. The fourth-order valence-corrected chi connectivity index (χ4v) is 2.17. The summed E-state index contributed by atoms with van der Waals surface area (Å²) < 4.78 is 6.35. The van der Waals surface area contributed by atoms with E-state index in [4.69, 9.17) is 16.3 Å². The van der Waals surface area contributed by atoms with Gasteiger partial charge in [0.15, 0.2) is 5.22 Å². The molecule has 0 saturated carbocycles. The van der Waals surface area contributed by atoms with Gasteiger partial charge in [-0.2, -0.15) is 0 Å². The predicted octanol–water partition coefficient (Wildman–Crippen LogP) is 4.97. The summed E-state index contributed by atoms with van der Waals surface area (Å²) in [6.07, 6.45) is 2.50. The van der Waals surface area contributed by atoms with Crippen molar-refractivity contribution in [1.82, 2.24) is 0 Å². The maximum absolute atomic E-state index is 6.12. The van der Waals surface area contributed by atoms with Crippen molar-refractivity contribution in [2.75, 3.05) is 6.61 Å². The summed E-state index contributed by atoms with van der Waals surface area (Å²) in [7, 11) is 0. The van der Waals surface area contributed by atoms with Gasteiger partial charge in [0.1, 0.15) is 0 Å². The molecule has 16 heavy (non-hydrogen) atoms. The summed E-state index contributed by atoms with van der Waals surface area (Å²) in [6, 6.07) is 7.92. The van der Waals surface area contributed by atoms with E-state index in [1.807, 2.05) is 37.3 Å². The fraction of sp³-hybridized carbons (Fsp3) is 0.231. The molecule has 0 heterocycles. The first kappa shape index (κ1) is 13.3. The van der Waals surface area contributed by atoms with Gasteiger partial charge in [-0.15, -0.1) is 6.58 Å². The quantitative estimate of drug-likeness (QED) is 0.551. The first-order chi connectivity index (χ1) is 7.70. The lowest BCUT2D eigenvalue weighted by atomic mass is 10.0. The summed E-state index contributed by atoms with van der Waals surface area (Å²) in [5.41, 5.74) is 1.99. The molecule has 0 amide bonds. The highest BCUT2D eigenvalue weighted by Crippen LogP contribution is 2.31. The molecule has 1 aromatic carbocycles. The smallest absolute Gasteiger partial charge is 0.191 e. The standard InChI is InChI=1S/C13H14BrClO/c1-3-7-11(13(15)16-4-2)10-8-5-6-9-12(10)14/h3,5-6,8-9H,1,4,7H2,2H3/b13-11-. The van der Waals surface area contributed by atoms with Crippen LogP contribution in [0.15, 0.2) is 46.6 Å². The minimum atomic E-state index is 0.439. The summed E-state index contributed by atoms with van der Waals surface area (Å²) in [4.78, 5) is 0. The Morgan fingerprint density at radius 2 is 2.19 bits per heavy atom. The molecule has 0 bridgehead atoms. The van der Waals surface area contributed by atoms with Crippen molar-refractivity contribution in [3.05, 3.63) is 52.2 Å². The maximum Gasteiger partial charge on any atom is 0.191 e. The molecular weight excluding hydrogens is 287 g/mol. The lowest BCUT2D eigenvalue weighted by Gasteiger charge is -2.11. The van der Waals surface area contributed by atoms with Gasteiger partial charge in [-0.05, 0) is 36.6 Å². The molecule has 0 aromatic heterocycles. The number of allylic oxidation sites excluding steroid dienone is 2. The largest absolute Gasteiger partial charge is 0.483 e. The van der Waals surface area contributed by atoms with Crippen LogP contribution in [0.5, 0.6) is 0 Å². The Bertz CT molecular complexity index is 399. The molecule has 1 aromatic rings. The van der Waals surface area contributed by atoms with Gasteiger partial charge in [-0.3, -0.25) is 0 Å². The second-order valence-corrected chi connectivity index (χ2v) is 4.36. The minimum absolute atomic E-state index is 0.439. The highest BCUT2D eigenvalue weighted by Gasteiger charge is 2.10. The van der Waals surface area contributed by atoms with Crippen LogP contribution in [0.1, 0.15) is 18.9 Å². The van der Waals surface area contributed by atoms with Gasteiger partial charge in [-0.25, -0.2) is 0 Å². The van der Waals surface area contributed by atoms with Gasteiger partial charge in [0.2, 0.25) is 0 Å². The first-order valence-electron chi connectivity index (χ1n) is 5.08. The Kier molecular flexibility index (Phi) is 5.64. The van der Waals surface area contributed by atoms with Crippen molar-refractivity contribution in [2.24, 2.45) is 0 Å². The third kappa shape index (κ3) is 3.39. The van der Waals surface area contributed by atoms with Crippen LogP contribution in [0.2, 0.25) is 0 Å². The molecular formula is C13H14BrClO. The third-order valence-corrected chi connectivity index (χ3v) is 3.08. The molecule has 3 heteroatoms. The monoisotopic (exact) mass is 300 g/mol. The van der Waals surface area contributed by atoms with Crippen LogP contribution in [0, 0.1) is 0 Å². The Morgan fingerprint density at radius 3 is 2.75 bits per heavy atom. The zero-order valence-corrected chi connectivity index (χ0v) is 11.5. The van der Waals surface area contributed by atoms with Crippen molar-refractivity contribution in [1.29, 1.82) is 0 Å². The second-order valence-electron chi connectivity index (χ2n) is 3.16. The van der Waals surface area contributed by atoms with Crippen LogP contribution in [0.3, 0.4) is 0 Å². The number of rotatable bonds is 5. The summed E-state index contributed by atoms with van der Waals surface area (Å²) in [6.45, 7) is 6.20. The first-order valence-corrected chi connectivity index (χ1v) is 6.25. The van der Waals surface area contributed by atoms with Gasteiger partial charge in [0, 0.05) is 10.0 Å². The molecule has 86 valence electrons. The lowest BCUT2D eigenvalue weighted by Crippen LogP contribution is -1.93. The number of hydrogen-bond donors (Lipinski definition) is 0. The molecule has 0 radical (unpaired) electrons. The Labute approximate surface area is 110 Å². The Balaban J connectivity index is 3.17. The van der Waals surface area contributed by atoms with E-state index in [2.05, 4.69) is 22.5 Å². The zero-order chi connectivity index (χ0) is 12.0. The van der Waals surface area contributed by atoms with Crippen LogP contribution < -0.4 is 0 Å². The number of benzene rings is 1. The van der Waals surface area contributed by atoms with Gasteiger partial charge in [-0.1, -0.05) is 40.2 Å². The molecule has 0 N–H and O–H groups in total. The molecule has 0 spiro atoms. The Morgan fingerprint density at radius 1 is 1.50 bits per heavy atom. The van der Waals surface area contributed by atoms with E-state index in [0.29, 0.717) is 18.2 Å². The maximum atomic E-state index is 6.12. The minimum Gasteiger partial charge on any atom is -0.483 e. The van der Waals surface area contributed by atoms with E-state index in [9.17, 15) is 0 Å². The molecule has 0 fully saturated rings. The number of hydrogen-bond acceptors (Lipinski definition) is 1. The van der Waals surface area contributed by atoms with Crippen LogP contribution in [-0.4, -0.2) is 6.61 Å². The molecule has 1 rings (SSSR count). The third-order valence-electron chi connectivity index (χ3n) is 2.06. The highest BCUT2D eigenvalue weighted by molar-refractivity contribution is 9.10. The number of ether oxygens (including phenoxy) is 1. The molecule has 0 aliphatic carbocycles. The molecule has 0 aliphatic rings. The van der Waals surface area contributed by atoms with E-state index in [1.54, 1.807) is 0 Å². The topological polar surface area (TPSA) is 9.23 Å². The van der Waals surface area contributed by atoms with E-state index in [-0.39, 0.29) is 0 Å². The van der Waals surface area contributed by atoms with Crippen molar-refractivity contribution >= 4 is 33.1 Å². The van der Waals surface area contributed by atoms with Crippen LogP contribution in [-0.2, 0) is 4.74 Å². The fourth-order valence-electron chi connectivity index (χ4n) is 1.36. The van der Waals surface area contributed by atoms with Crippen LogP contribution in [0.4, 0.5) is 0 Å². The predicted molar refractivity (Wildman–Crippen MR) is 73.4 cm³/mol. The second kappa shape index (κ2) is 6.77. The molecule has 0 unspecified atom stereocenters.